The summed E-state index contributed by atoms with van der Waals surface area (Å²) in [7, 11) is 0. The van der Waals surface area contributed by atoms with E-state index < -0.39 is 0 Å². The number of hydrogen-bond acceptors (Lipinski definition) is 3. The molecule has 24 heavy (non-hydrogen) atoms. The molecule has 0 bridgehead atoms. The number of benzene rings is 2. The summed E-state index contributed by atoms with van der Waals surface area (Å²) < 4.78 is 18.6. The molecule has 0 aliphatic heterocycles. The molecule has 5 nitrogen and oxygen atoms in total. The summed E-state index contributed by atoms with van der Waals surface area (Å²) in [5.41, 5.74) is 1.21. The van der Waals surface area contributed by atoms with Gasteiger partial charge in [-0.3, -0.25) is 9.59 Å². The summed E-state index contributed by atoms with van der Waals surface area (Å²) in [5.74, 6) is -0.293. The van der Waals surface area contributed by atoms with Crippen LogP contribution in [0.25, 0.3) is 0 Å². The van der Waals surface area contributed by atoms with Gasteiger partial charge in [0.05, 0.1) is 5.56 Å². The van der Waals surface area contributed by atoms with Crippen molar-refractivity contribution in [3.8, 4) is 5.75 Å². The molecule has 0 aliphatic carbocycles. The average Bonchev–Trinajstić information content (AvgIpc) is 2.58. The SMILES string of the molecule is CC(=O)NCCNC(=O)c1ccccc1OCc1ccc(F)cc1. The van der Waals surface area contributed by atoms with E-state index in [-0.39, 0.29) is 24.2 Å². The van der Waals surface area contributed by atoms with Gasteiger partial charge in [-0.2, -0.15) is 0 Å². The molecule has 0 heterocycles. The minimum Gasteiger partial charge on any atom is -0.488 e. The highest BCUT2D eigenvalue weighted by Gasteiger charge is 2.11. The quantitative estimate of drug-likeness (QED) is 0.765. The van der Waals surface area contributed by atoms with Crippen LogP contribution in [0.3, 0.4) is 0 Å². The lowest BCUT2D eigenvalue weighted by atomic mass is 10.2. The highest BCUT2D eigenvalue weighted by molar-refractivity contribution is 5.96. The lowest BCUT2D eigenvalue weighted by molar-refractivity contribution is -0.118. The summed E-state index contributed by atoms with van der Waals surface area (Å²) in [6.45, 7) is 2.33. The standard InChI is InChI=1S/C18H19FN2O3/c1-13(22)20-10-11-21-18(23)16-4-2-3-5-17(16)24-12-14-6-8-15(19)9-7-14/h2-9H,10-12H2,1H3,(H,20,22)(H,21,23). The zero-order valence-electron chi connectivity index (χ0n) is 13.3. The van der Waals surface area contributed by atoms with Crippen LogP contribution in [-0.4, -0.2) is 24.9 Å². The predicted octanol–water partition coefficient (Wildman–Crippen LogP) is 2.27. The third kappa shape index (κ3) is 5.39. The van der Waals surface area contributed by atoms with Crippen LogP contribution in [0.1, 0.15) is 22.8 Å². The fourth-order valence-corrected chi connectivity index (χ4v) is 2.03. The zero-order chi connectivity index (χ0) is 17.4. The summed E-state index contributed by atoms with van der Waals surface area (Å²) >= 11 is 0. The molecule has 0 saturated carbocycles. The van der Waals surface area contributed by atoms with Crippen LogP contribution < -0.4 is 15.4 Å². The summed E-state index contributed by atoms with van der Waals surface area (Å²) in [6.07, 6.45) is 0. The normalized spacial score (nSPS) is 10.1. The van der Waals surface area contributed by atoms with Crippen molar-refractivity contribution in [2.75, 3.05) is 13.1 Å². The first kappa shape index (κ1) is 17.5. The number of carbonyl (C=O) groups excluding carboxylic acids is 2. The van der Waals surface area contributed by atoms with E-state index in [2.05, 4.69) is 10.6 Å². The Hall–Kier alpha value is -2.89. The number of halogens is 1. The Morgan fingerprint density at radius 2 is 1.67 bits per heavy atom. The van der Waals surface area contributed by atoms with Gasteiger partial charge in [-0.25, -0.2) is 4.39 Å². The summed E-state index contributed by atoms with van der Waals surface area (Å²) in [4.78, 5) is 23.0. The molecule has 0 atom stereocenters. The van der Waals surface area contributed by atoms with Crippen LogP contribution in [0.2, 0.25) is 0 Å². The lowest BCUT2D eigenvalue weighted by Crippen LogP contribution is -2.33. The number of para-hydroxylation sites is 1. The number of amides is 2. The largest absolute Gasteiger partial charge is 0.488 e. The molecule has 0 aliphatic rings. The minimum atomic E-state index is -0.308. The van der Waals surface area contributed by atoms with Crippen molar-refractivity contribution in [1.29, 1.82) is 0 Å². The molecule has 2 aromatic carbocycles. The minimum absolute atomic E-state index is 0.146. The van der Waals surface area contributed by atoms with Crippen LogP contribution >= 0.6 is 0 Å². The molecule has 0 saturated heterocycles. The Morgan fingerprint density at radius 1 is 1.00 bits per heavy atom. The van der Waals surface area contributed by atoms with Crippen LogP contribution in [0.4, 0.5) is 4.39 Å². The van der Waals surface area contributed by atoms with Gasteiger partial charge in [0.15, 0.2) is 0 Å². The van der Waals surface area contributed by atoms with Crippen molar-refractivity contribution in [1.82, 2.24) is 10.6 Å². The third-order valence-corrected chi connectivity index (χ3v) is 3.22. The fraction of sp³-hybridized carbons (Fsp3) is 0.222. The maximum absolute atomic E-state index is 12.9. The van der Waals surface area contributed by atoms with Gasteiger partial charge in [0, 0.05) is 20.0 Å². The van der Waals surface area contributed by atoms with Crippen molar-refractivity contribution in [3.63, 3.8) is 0 Å². The van der Waals surface area contributed by atoms with Gasteiger partial charge in [0.2, 0.25) is 5.91 Å². The van der Waals surface area contributed by atoms with Gasteiger partial charge in [-0.1, -0.05) is 24.3 Å². The van der Waals surface area contributed by atoms with E-state index >= 15 is 0 Å². The fourth-order valence-electron chi connectivity index (χ4n) is 2.03. The second kappa shape index (κ2) is 8.67. The summed E-state index contributed by atoms with van der Waals surface area (Å²) in [5, 5.41) is 5.32. The molecule has 0 spiro atoms. The van der Waals surface area contributed by atoms with Crippen molar-refractivity contribution in [3.05, 3.63) is 65.5 Å². The molecule has 6 heteroatoms. The maximum Gasteiger partial charge on any atom is 0.255 e. The van der Waals surface area contributed by atoms with E-state index in [0.29, 0.717) is 24.4 Å². The van der Waals surface area contributed by atoms with E-state index in [0.717, 1.165) is 5.56 Å². The van der Waals surface area contributed by atoms with E-state index in [1.165, 1.54) is 19.1 Å². The molecule has 2 rings (SSSR count). The van der Waals surface area contributed by atoms with Crippen LogP contribution in [-0.2, 0) is 11.4 Å². The highest BCUT2D eigenvalue weighted by atomic mass is 19.1. The highest BCUT2D eigenvalue weighted by Crippen LogP contribution is 2.19. The van der Waals surface area contributed by atoms with Crippen LogP contribution in [0.15, 0.2) is 48.5 Å². The average molecular weight is 330 g/mol. The van der Waals surface area contributed by atoms with E-state index in [1.54, 1.807) is 36.4 Å². The van der Waals surface area contributed by atoms with Gasteiger partial charge in [-0.15, -0.1) is 0 Å². The van der Waals surface area contributed by atoms with Gasteiger partial charge in [0.25, 0.3) is 5.91 Å². The molecule has 2 amide bonds. The Labute approximate surface area is 139 Å². The molecular formula is C18H19FN2O3. The van der Waals surface area contributed by atoms with E-state index in [4.69, 9.17) is 4.74 Å². The predicted molar refractivity (Wildman–Crippen MR) is 88.2 cm³/mol. The van der Waals surface area contributed by atoms with Crippen molar-refractivity contribution in [2.45, 2.75) is 13.5 Å². The van der Waals surface area contributed by atoms with E-state index in [1.807, 2.05) is 0 Å². The lowest BCUT2D eigenvalue weighted by Gasteiger charge is -2.12. The number of carbonyl (C=O) groups is 2. The Balaban J connectivity index is 1.94. The zero-order valence-corrected chi connectivity index (χ0v) is 13.3. The first-order valence-electron chi connectivity index (χ1n) is 7.55. The third-order valence-electron chi connectivity index (χ3n) is 3.22. The first-order chi connectivity index (χ1) is 11.6. The van der Waals surface area contributed by atoms with Crippen molar-refractivity contribution >= 4 is 11.8 Å². The van der Waals surface area contributed by atoms with Gasteiger partial charge < -0.3 is 15.4 Å². The summed E-state index contributed by atoms with van der Waals surface area (Å²) in [6, 6.07) is 12.9. The number of rotatable bonds is 7. The molecule has 0 unspecified atom stereocenters. The molecule has 2 N–H and O–H groups in total. The van der Waals surface area contributed by atoms with Gasteiger partial charge >= 0.3 is 0 Å². The Kier molecular flexibility index (Phi) is 6.31. The number of ether oxygens (including phenoxy) is 1. The van der Waals surface area contributed by atoms with E-state index in [9.17, 15) is 14.0 Å². The van der Waals surface area contributed by atoms with Crippen LogP contribution in [0.5, 0.6) is 5.75 Å². The number of hydrogen-bond donors (Lipinski definition) is 2. The smallest absolute Gasteiger partial charge is 0.255 e. The van der Waals surface area contributed by atoms with Gasteiger partial charge in [-0.05, 0) is 29.8 Å². The van der Waals surface area contributed by atoms with Crippen LogP contribution in [0, 0.1) is 5.82 Å². The molecule has 0 aromatic heterocycles. The monoisotopic (exact) mass is 330 g/mol. The van der Waals surface area contributed by atoms with Gasteiger partial charge in [0.1, 0.15) is 18.2 Å². The topological polar surface area (TPSA) is 67.4 Å². The molecule has 0 fully saturated rings. The molecule has 2 aromatic rings. The molecular weight excluding hydrogens is 311 g/mol. The number of nitrogens with one attached hydrogen (secondary N) is 2. The maximum atomic E-state index is 12.9. The molecule has 126 valence electrons. The molecule has 0 radical (unpaired) electrons. The second-order valence-corrected chi connectivity index (χ2v) is 5.15. The van der Waals surface area contributed by atoms with Crippen molar-refractivity contribution in [2.24, 2.45) is 0 Å². The first-order valence-corrected chi connectivity index (χ1v) is 7.55. The van der Waals surface area contributed by atoms with Crippen molar-refractivity contribution < 1.29 is 18.7 Å². The Morgan fingerprint density at radius 3 is 2.38 bits per heavy atom. The second-order valence-electron chi connectivity index (χ2n) is 5.15. The Bertz CT molecular complexity index is 702.